The number of benzene rings is 2. The third-order valence-electron chi connectivity index (χ3n) is 4.10. The maximum absolute atomic E-state index is 12.1. The highest BCUT2D eigenvalue weighted by molar-refractivity contribution is 6.34. The van der Waals surface area contributed by atoms with Crippen LogP contribution in [0.3, 0.4) is 0 Å². The highest BCUT2D eigenvalue weighted by Crippen LogP contribution is 2.24. The van der Waals surface area contributed by atoms with E-state index in [0.717, 1.165) is 16.7 Å². The van der Waals surface area contributed by atoms with Crippen LogP contribution in [0, 0.1) is 6.92 Å². The first-order chi connectivity index (χ1) is 13.0. The van der Waals surface area contributed by atoms with Gasteiger partial charge in [-0.1, -0.05) is 53.2 Å². The minimum atomic E-state index is -0.771. The number of nitrogens with one attached hydrogen (secondary N) is 1. The van der Waals surface area contributed by atoms with E-state index in [9.17, 15) is 4.79 Å². The Labute approximate surface area is 164 Å². The number of halogens is 1. The van der Waals surface area contributed by atoms with Crippen molar-refractivity contribution in [1.82, 2.24) is 5.48 Å². The molecule has 0 bridgehead atoms. The molecule has 0 fully saturated rings. The van der Waals surface area contributed by atoms with E-state index in [4.69, 9.17) is 26.0 Å². The molecule has 7 heteroatoms. The van der Waals surface area contributed by atoms with Gasteiger partial charge in [0.2, 0.25) is 0 Å². The van der Waals surface area contributed by atoms with E-state index >= 15 is 0 Å². The van der Waals surface area contributed by atoms with Gasteiger partial charge in [0.05, 0.1) is 19.9 Å². The van der Waals surface area contributed by atoms with Gasteiger partial charge in [-0.3, -0.25) is 0 Å². The van der Waals surface area contributed by atoms with Crippen LogP contribution in [0.15, 0.2) is 47.6 Å². The molecule has 1 N–H and O–H groups in total. The highest BCUT2D eigenvalue weighted by atomic mass is 35.5. The van der Waals surface area contributed by atoms with E-state index in [1.165, 1.54) is 14.2 Å². The maximum atomic E-state index is 12.1. The predicted molar refractivity (Wildman–Crippen MR) is 105 cm³/mol. The molecule has 1 atom stereocenters. The average molecular weight is 391 g/mol. The third kappa shape index (κ3) is 5.29. The zero-order valence-corrected chi connectivity index (χ0v) is 16.5. The molecule has 1 unspecified atom stereocenters. The molecule has 0 radical (unpaired) electrons. The zero-order chi connectivity index (χ0) is 19.8. The number of oxime groups is 1. The highest BCUT2D eigenvalue weighted by Gasteiger charge is 2.25. The van der Waals surface area contributed by atoms with Crippen molar-refractivity contribution in [2.75, 3.05) is 14.2 Å². The largest absolute Gasteiger partial charge is 0.468 e. The van der Waals surface area contributed by atoms with Crippen LogP contribution in [0.1, 0.15) is 35.2 Å². The Hall–Kier alpha value is -2.41. The number of esters is 1. The Balaban J connectivity index is 2.25. The molecular formula is C20H23ClN2O4. The van der Waals surface area contributed by atoms with Crippen molar-refractivity contribution < 1.29 is 19.2 Å². The maximum Gasteiger partial charge on any atom is 0.329 e. The average Bonchev–Trinajstić information content (AvgIpc) is 2.67. The number of hydroxylamine groups is 1. The van der Waals surface area contributed by atoms with Crippen molar-refractivity contribution in [2.24, 2.45) is 5.16 Å². The van der Waals surface area contributed by atoms with Crippen LogP contribution in [0.25, 0.3) is 0 Å². The first kappa shape index (κ1) is 20.9. The van der Waals surface area contributed by atoms with Crippen molar-refractivity contribution in [3.63, 3.8) is 0 Å². The molecule has 0 amide bonds. The SMILES string of the molecule is CONC(C(=O)OC)c1cccc(C)c1CO/N=C(\C)c1ccccc1Cl. The molecule has 2 aromatic carbocycles. The lowest BCUT2D eigenvalue weighted by Gasteiger charge is -2.19. The van der Waals surface area contributed by atoms with E-state index in [1.807, 2.05) is 50.2 Å². The van der Waals surface area contributed by atoms with E-state index in [0.29, 0.717) is 16.3 Å². The van der Waals surface area contributed by atoms with Crippen LogP contribution in [-0.4, -0.2) is 25.9 Å². The Morgan fingerprint density at radius 1 is 1.19 bits per heavy atom. The molecule has 0 spiro atoms. The minimum absolute atomic E-state index is 0.183. The molecule has 0 aliphatic rings. The first-order valence-corrected chi connectivity index (χ1v) is 8.73. The number of nitrogens with zero attached hydrogens (tertiary/aromatic N) is 1. The minimum Gasteiger partial charge on any atom is -0.468 e. The van der Waals surface area contributed by atoms with Gasteiger partial charge in [-0.2, -0.15) is 5.48 Å². The first-order valence-electron chi connectivity index (χ1n) is 8.35. The van der Waals surface area contributed by atoms with E-state index < -0.39 is 12.0 Å². The topological polar surface area (TPSA) is 69.2 Å². The number of aryl methyl sites for hydroxylation is 1. The Bertz CT molecular complexity index is 823. The second-order valence-electron chi connectivity index (χ2n) is 5.85. The summed E-state index contributed by atoms with van der Waals surface area (Å²) >= 11 is 6.18. The van der Waals surface area contributed by atoms with Gasteiger partial charge < -0.3 is 14.4 Å². The fraction of sp³-hybridized carbons (Fsp3) is 0.300. The smallest absolute Gasteiger partial charge is 0.329 e. The molecule has 0 aromatic heterocycles. The summed E-state index contributed by atoms with van der Waals surface area (Å²) in [5.74, 6) is -0.459. The fourth-order valence-corrected chi connectivity index (χ4v) is 2.94. The summed E-state index contributed by atoms with van der Waals surface area (Å²) in [5.41, 5.74) is 6.62. The van der Waals surface area contributed by atoms with Gasteiger partial charge in [0.15, 0.2) is 6.04 Å². The van der Waals surface area contributed by atoms with E-state index in [2.05, 4.69) is 10.6 Å². The van der Waals surface area contributed by atoms with Gasteiger partial charge >= 0.3 is 5.97 Å². The van der Waals surface area contributed by atoms with E-state index in [1.54, 1.807) is 6.07 Å². The molecular weight excluding hydrogens is 368 g/mol. The molecule has 0 saturated carbocycles. The number of ether oxygens (including phenoxy) is 1. The van der Waals surface area contributed by atoms with Gasteiger partial charge in [-0.05, 0) is 31.0 Å². The monoisotopic (exact) mass is 390 g/mol. The standard InChI is InChI=1S/C20H23ClN2O4/c1-13-8-7-10-16(19(23-26-4)20(24)25-3)17(13)12-27-22-14(2)15-9-5-6-11-18(15)21/h5-11,19,23H,12H2,1-4H3/b22-14+. The number of carbonyl (C=O) groups excluding carboxylic acids is 1. The summed E-state index contributed by atoms with van der Waals surface area (Å²) in [6.07, 6.45) is 0. The van der Waals surface area contributed by atoms with Crippen molar-refractivity contribution in [1.29, 1.82) is 0 Å². The van der Waals surface area contributed by atoms with Gasteiger partial charge in [-0.25, -0.2) is 4.79 Å². The van der Waals surface area contributed by atoms with Crippen molar-refractivity contribution in [3.8, 4) is 0 Å². The summed E-state index contributed by atoms with van der Waals surface area (Å²) in [7, 11) is 2.77. The Kier molecular flexibility index (Phi) is 7.79. The molecule has 0 heterocycles. The second kappa shape index (κ2) is 10.1. The Morgan fingerprint density at radius 2 is 1.93 bits per heavy atom. The van der Waals surface area contributed by atoms with Crippen LogP contribution < -0.4 is 5.48 Å². The molecule has 2 aromatic rings. The lowest BCUT2D eigenvalue weighted by Crippen LogP contribution is -2.30. The summed E-state index contributed by atoms with van der Waals surface area (Å²) in [6.45, 7) is 3.94. The van der Waals surface area contributed by atoms with Gasteiger partial charge in [0.1, 0.15) is 6.61 Å². The number of methoxy groups -OCH3 is 1. The summed E-state index contributed by atoms with van der Waals surface area (Å²) in [4.78, 5) is 22.6. The predicted octanol–water partition coefficient (Wildman–Crippen LogP) is 3.95. The van der Waals surface area contributed by atoms with E-state index in [-0.39, 0.29) is 6.61 Å². The van der Waals surface area contributed by atoms with Crippen molar-refractivity contribution >= 4 is 23.3 Å². The second-order valence-corrected chi connectivity index (χ2v) is 6.26. The molecule has 0 saturated heterocycles. The molecule has 27 heavy (non-hydrogen) atoms. The molecule has 0 aliphatic carbocycles. The number of rotatable bonds is 8. The van der Waals surface area contributed by atoms with Gasteiger partial charge in [-0.15, -0.1) is 0 Å². The van der Waals surface area contributed by atoms with Gasteiger partial charge in [0.25, 0.3) is 0 Å². The van der Waals surface area contributed by atoms with Crippen molar-refractivity contribution in [3.05, 3.63) is 69.7 Å². The summed E-state index contributed by atoms with van der Waals surface area (Å²) in [5, 5.41) is 4.77. The van der Waals surface area contributed by atoms with Crippen LogP contribution in [0.2, 0.25) is 5.02 Å². The molecule has 6 nitrogen and oxygen atoms in total. The van der Waals surface area contributed by atoms with Crippen LogP contribution in [0.5, 0.6) is 0 Å². The third-order valence-corrected chi connectivity index (χ3v) is 4.43. The summed E-state index contributed by atoms with van der Waals surface area (Å²) in [6, 6.07) is 12.3. The van der Waals surface area contributed by atoms with Crippen molar-refractivity contribution in [2.45, 2.75) is 26.5 Å². The van der Waals surface area contributed by atoms with Crippen LogP contribution in [0.4, 0.5) is 0 Å². The zero-order valence-electron chi connectivity index (χ0n) is 15.8. The molecule has 2 rings (SSSR count). The number of carbonyl (C=O) groups is 1. The molecule has 144 valence electrons. The summed E-state index contributed by atoms with van der Waals surface area (Å²) < 4.78 is 4.86. The fourth-order valence-electron chi connectivity index (χ4n) is 2.66. The molecule has 0 aliphatic heterocycles. The lowest BCUT2D eigenvalue weighted by atomic mass is 9.97. The van der Waals surface area contributed by atoms with Crippen LogP contribution in [-0.2, 0) is 25.8 Å². The quantitative estimate of drug-likeness (QED) is 0.420. The normalized spacial score (nSPS) is 12.6. The van der Waals surface area contributed by atoms with Crippen LogP contribution >= 0.6 is 11.6 Å². The van der Waals surface area contributed by atoms with Gasteiger partial charge in [0, 0.05) is 16.1 Å². The number of hydrogen-bond acceptors (Lipinski definition) is 6. The number of hydrogen-bond donors (Lipinski definition) is 1. The Morgan fingerprint density at radius 3 is 2.59 bits per heavy atom. The lowest BCUT2D eigenvalue weighted by molar-refractivity contribution is -0.147.